The van der Waals surface area contributed by atoms with Crippen LogP contribution in [0.15, 0.2) is 78.9 Å². The van der Waals surface area contributed by atoms with Crippen LogP contribution in [-0.2, 0) is 22.6 Å². The van der Waals surface area contributed by atoms with Crippen molar-refractivity contribution in [3.05, 3.63) is 100 Å². The molecule has 0 aliphatic heterocycles. The third kappa shape index (κ3) is 7.81. The predicted molar refractivity (Wildman–Crippen MR) is 151 cm³/mol. The van der Waals surface area contributed by atoms with Crippen molar-refractivity contribution in [1.82, 2.24) is 10.2 Å². The molecule has 210 valence electrons. The molecule has 0 spiro atoms. The highest BCUT2D eigenvalue weighted by atomic mass is 16.6. The maximum Gasteiger partial charge on any atom is 0.311 e. The summed E-state index contributed by atoms with van der Waals surface area (Å²) >= 11 is 0. The molecule has 9 heteroatoms. The van der Waals surface area contributed by atoms with E-state index in [9.17, 15) is 19.7 Å². The number of hydrogen-bond acceptors (Lipinski definition) is 6. The van der Waals surface area contributed by atoms with Crippen LogP contribution in [0.25, 0.3) is 0 Å². The van der Waals surface area contributed by atoms with Crippen molar-refractivity contribution in [3.63, 3.8) is 0 Å². The topological polar surface area (TPSA) is 111 Å². The number of amides is 2. The van der Waals surface area contributed by atoms with Crippen molar-refractivity contribution in [1.29, 1.82) is 0 Å². The second-order valence-corrected chi connectivity index (χ2v) is 9.94. The van der Waals surface area contributed by atoms with Crippen LogP contribution in [0.3, 0.4) is 0 Å². The molecular formula is C31H35N3O6. The molecule has 3 aromatic carbocycles. The van der Waals surface area contributed by atoms with Crippen LogP contribution in [0.1, 0.15) is 43.2 Å². The summed E-state index contributed by atoms with van der Waals surface area (Å²) in [5, 5.41) is 14.5. The van der Waals surface area contributed by atoms with Crippen molar-refractivity contribution in [2.45, 2.75) is 57.2 Å². The molecule has 0 aromatic heterocycles. The number of nitrogens with zero attached hydrogens (tertiary/aromatic N) is 2. The minimum atomic E-state index is -0.757. The standard InChI is InChI=1S/C31H35N3O6/c1-39-29-20-26(17-18-27(29)34(37)38)40-22-30(35)33(21-24-13-7-3-8-14-24)28(19-23-11-5-2-6-12-23)31(36)32-25-15-9-4-10-16-25/h2-3,5-8,11-14,17-18,20,25,28H,4,9-10,15-16,19,21-22H2,1H3,(H,32,36). The Bertz CT molecular complexity index is 1280. The Hall–Kier alpha value is -4.40. The summed E-state index contributed by atoms with van der Waals surface area (Å²) in [6, 6.07) is 22.6. The molecule has 3 aromatic rings. The molecule has 2 amide bonds. The Kier molecular flexibility index (Phi) is 10.1. The van der Waals surface area contributed by atoms with E-state index in [0.717, 1.165) is 36.8 Å². The van der Waals surface area contributed by atoms with Gasteiger partial charge in [-0.05, 0) is 30.0 Å². The van der Waals surface area contributed by atoms with Crippen LogP contribution >= 0.6 is 0 Å². The molecule has 1 N–H and O–H groups in total. The van der Waals surface area contributed by atoms with Crippen molar-refractivity contribution in [2.75, 3.05) is 13.7 Å². The van der Waals surface area contributed by atoms with E-state index in [2.05, 4.69) is 5.32 Å². The van der Waals surface area contributed by atoms with E-state index in [1.165, 1.54) is 31.7 Å². The molecule has 1 saturated carbocycles. The zero-order chi connectivity index (χ0) is 28.3. The van der Waals surface area contributed by atoms with Crippen molar-refractivity contribution < 1.29 is 24.0 Å². The van der Waals surface area contributed by atoms with Crippen molar-refractivity contribution >= 4 is 17.5 Å². The molecule has 0 radical (unpaired) electrons. The van der Waals surface area contributed by atoms with E-state index in [-0.39, 0.29) is 48.2 Å². The van der Waals surface area contributed by atoms with Gasteiger partial charge in [-0.1, -0.05) is 79.9 Å². The lowest BCUT2D eigenvalue weighted by Gasteiger charge is -2.33. The first-order valence-electron chi connectivity index (χ1n) is 13.6. The van der Waals surface area contributed by atoms with E-state index in [1.807, 2.05) is 60.7 Å². The van der Waals surface area contributed by atoms with Crippen LogP contribution in [0.4, 0.5) is 5.69 Å². The van der Waals surface area contributed by atoms with Crippen LogP contribution in [0.2, 0.25) is 0 Å². The molecule has 1 aliphatic carbocycles. The highest BCUT2D eigenvalue weighted by Gasteiger charge is 2.32. The largest absolute Gasteiger partial charge is 0.490 e. The van der Waals surface area contributed by atoms with Gasteiger partial charge in [0.25, 0.3) is 5.91 Å². The molecule has 9 nitrogen and oxygen atoms in total. The minimum absolute atomic E-state index is 0.0323. The number of nitro groups is 1. The molecule has 0 bridgehead atoms. The third-order valence-corrected chi connectivity index (χ3v) is 7.13. The van der Waals surface area contributed by atoms with Gasteiger partial charge in [-0.3, -0.25) is 19.7 Å². The van der Waals surface area contributed by atoms with Crippen molar-refractivity contribution in [3.8, 4) is 11.5 Å². The number of nitro benzene ring substituents is 1. The third-order valence-electron chi connectivity index (χ3n) is 7.13. The lowest BCUT2D eigenvalue weighted by molar-refractivity contribution is -0.385. The fourth-order valence-electron chi connectivity index (χ4n) is 5.00. The van der Waals surface area contributed by atoms with E-state index in [0.29, 0.717) is 6.42 Å². The Morgan fingerprint density at radius 2 is 1.62 bits per heavy atom. The summed E-state index contributed by atoms with van der Waals surface area (Å²) in [7, 11) is 1.33. The number of benzene rings is 3. The molecular weight excluding hydrogens is 510 g/mol. The molecule has 1 fully saturated rings. The first-order valence-corrected chi connectivity index (χ1v) is 13.6. The molecule has 1 aliphatic rings. The number of carbonyl (C=O) groups is 2. The average Bonchev–Trinajstić information content (AvgIpc) is 2.99. The predicted octanol–water partition coefficient (Wildman–Crippen LogP) is 5.07. The zero-order valence-electron chi connectivity index (χ0n) is 22.7. The number of hydrogen-bond donors (Lipinski definition) is 1. The van der Waals surface area contributed by atoms with Gasteiger partial charge in [-0.25, -0.2) is 0 Å². The molecule has 0 heterocycles. The zero-order valence-corrected chi connectivity index (χ0v) is 22.7. The van der Waals surface area contributed by atoms with E-state index in [1.54, 1.807) is 4.90 Å². The summed E-state index contributed by atoms with van der Waals surface area (Å²) in [6.45, 7) is -0.127. The van der Waals surface area contributed by atoms with Gasteiger partial charge in [-0.15, -0.1) is 0 Å². The van der Waals surface area contributed by atoms with E-state index >= 15 is 0 Å². The van der Waals surface area contributed by atoms with Crippen LogP contribution in [0.5, 0.6) is 11.5 Å². The summed E-state index contributed by atoms with van der Waals surface area (Å²) in [6.07, 6.45) is 5.54. The lowest BCUT2D eigenvalue weighted by Crippen LogP contribution is -2.53. The molecule has 0 saturated heterocycles. The molecule has 40 heavy (non-hydrogen) atoms. The lowest BCUT2D eigenvalue weighted by atomic mass is 9.94. The Labute approximate surface area is 234 Å². The van der Waals surface area contributed by atoms with Gasteiger partial charge in [0.15, 0.2) is 6.61 Å². The number of methoxy groups -OCH3 is 1. The normalized spacial score (nSPS) is 14.1. The summed E-state index contributed by atoms with van der Waals surface area (Å²) in [4.78, 5) is 39.8. The first kappa shape index (κ1) is 28.6. The number of rotatable bonds is 12. The van der Waals surface area contributed by atoms with Gasteiger partial charge in [0.05, 0.1) is 12.0 Å². The van der Waals surface area contributed by atoms with Crippen LogP contribution < -0.4 is 14.8 Å². The second-order valence-electron chi connectivity index (χ2n) is 9.94. The molecule has 4 rings (SSSR count). The fraction of sp³-hybridized carbons (Fsp3) is 0.355. The van der Waals surface area contributed by atoms with Crippen molar-refractivity contribution in [2.24, 2.45) is 0 Å². The van der Waals surface area contributed by atoms with Crippen LogP contribution in [0, 0.1) is 10.1 Å². The van der Waals surface area contributed by atoms with Gasteiger partial charge in [0, 0.05) is 31.1 Å². The van der Waals surface area contributed by atoms with Gasteiger partial charge in [-0.2, -0.15) is 0 Å². The second kappa shape index (κ2) is 14.1. The Morgan fingerprint density at radius 1 is 0.975 bits per heavy atom. The Balaban J connectivity index is 1.59. The summed E-state index contributed by atoms with van der Waals surface area (Å²) < 4.78 is 10.9. The fourth-order valence-corrected chi connectivity index (χ4v) is 5.00. The van der Waals surface area contributed by atoms with Gasteiger partial charge in [0.1, 0.15) is 11.8 Å². The smallest absolute Gasteiger partial charge is 0.311 e. The quantitative estimate of drug-likeness (QED) is 0.251. The maximum absolute atomic E-state index is 13.8. The number of ether oxygens (including phenoxy) is 2. The van der Waals surface area contributed by atoms with Gasteiger partial charge >= 0.3 is 5.69 Å². The monoisotopic (exact) mass is 545 g/mol. The highest BCUT2D eigenvalue weighted by Crippen LogP contribution is 2.31. The number of nitrogens with one attached hydrogen (secondary N) is 1. The maximum atomic E-state index is 13.8. The van der Waals surface area contributed by atoms with E-state index < -0.39 is 11.0 Å². The summed E-state index contributed by atoms with van der Waals surface area (Å²) in [5.74, 6) is -0.274. The number of carbonyl (C=O) groups excluding carboxylic acids is 2. The SMILES string of the molecule is COc1cc(OCC(=O)N(Cc2ccccc2)C(Cc2ccccc2)C(=O)NC2CCCCC2)ccc1[N+](=O)[O-]. The molecule has 1 atom stereocenters. The van der Waals surface area contributed by atoms with Gasteiger partial charge < -0.3 is 19.7 Å². The van der Waals surface area contributed by atoms with Gasteiger partial charge in [0.2, 0.25) is 11.7 Å². The van der Waals surface area contributed by atoms with E-state index in [4.69, 9.17) is 9.47 Å². The summed E-state index contributed by atoms with van der Waals surface area (Å²) in [5.41, 5.74) is 1.63. The molecule has 1 unspecified atom stereocenters. The average molecular weight is 546 g/mol. The first-order chi connectivity index (χ1) is 19.4. The minimum Gasteiger partial charge on any atom is -0.490 e. The Morgan fingerprint density at radius 3 is 2.25 bits per heavy atom. The highest BCUT2D eigenvalue weighted by molar-refractivity contribution is 5.88. The van der Waals surface area contributed by atoms with Crippen LogP contribution in [-0.4, -0.2) is 47.4 Å².